The Morgan fingerprint density at radius 1 is 0.696 bits per heavy atom. The fourth-order valence-corrected chi connectivity index (χ4v) is 10.0. The third-order valence-corrected chi connectivity index (χ3v) is 12.1. The Labute approximate surface area is 141 Å². The van der Waals surface area contributed by atoms with Crippen LogP contribution in [-0.2, 0) is 0 Å². The monoisotopic (exact) mass is 330 g/mol. The average Bonchev–Trinajstić information content (AvgIpc) is 2.64. The normalized spacial score (nSPS) is 13.4. The second-order valence-corrected chi connectivity index (χ2v) is 12.4. The molecular formula is C21H31OP. The zero-order valence-corrected chi connectivity index (χ0v) is 15.5. The summed E-state index contributed by atoms with van der Waals surface area (Å²) in [5, 5.41) is 13.6. The maximum atomic E-state index is 10.8. The van der Waals surface area contributed by atoms with Crippen LogP contribution in [0, 0.1) is 0 Å². The predicted molar refractivity (Wildman–Crippen MR) is 106 cm³/mol. The first-order chi connectivity index (χ1) is 11.2. The van der Waals surface area contributed by atoms with Crippen molar-refractivity contribution in [2.24, 2.45) is 0 Å². The summed E-state index contributed by atoms with van der Waals surface area (Å²) in [6.07, 6.45) is 7.21. The summed E-state index contributed by atoms with van der Waals surface area (Å²) in [4.78, 5) is 0. The van der Waals surface area contributed by atoms with E-state index in [1.54, 1.807) is 0 Å². The summed E-state index contributed by atoms with van der Waals surface area (Å²) < 4.78 is 0. The van der Waals surface area contributed by atoms with Gasteiger partial charge in [0.2, 0.25) is 0 Å². The van der Waals surface area contributed by atoms with Crippen LogP contribution in [0.3, 0.4) is 0 Å². The number of unbranched alkanes of at least 4 members (excludes halogenated alkanes) is 2. The molecule has 0 saturated carbocycles. The van der Waals surface area contributed by atoms with Gasteiger partial charge in [-0.05, 0) is 0 Å². The number of aliphatic hydroxyl groups excluding tert-OH is 1. The van der Waals surface area contributed by atoms with Crippen molar-refractivity contribution >= 4 is 17.2 Å². The van der Waals surface area contributed by atoms with Gasteiger partial charge in [-0.1, -0.05) is 0 Å². The summed E-state index contributed by atoms with van der Waals surface area (Å²) in [6.45, 7) is 1.94. The summed E-state index contributed by atoms with van der Waals surface area (Å²) in [6, 6.07) is 21.7. The van der Waals surface area contributed by atoms with Crippen LogP contribution in [0.25, 0.3) is 0 Å². The van der Waals surface area contributed by atoms with Gasteiger partial charge in [0.15, 0.2) is 0 Å². The Balaban J connectivity index is 2.71. The quantitative estimate of drug-likeness (QED) is 0.658. The van der Waals surface area contributed by atoms with E-state index in [1.165, 1.54) is 36.3 Å². The third kappa shape index (κ3) is 3.37. The number of hydrogen-bond acceptors (Lipinski definition) is 1. The molecule has 0 aliphatic carbocycles. The molecule has 0 bridgehead atoms. The Kier molecular flexibility index (Phi) is 6.39. The van der Waals surface area contributed by atoms with Crippen LogP contribution in [0.5, 0.6) is 0 Å². The Bertz CT molecular complexity index is 528. The van der Waals surface area contributed by atoms with E-state index in [-0.39, 0.29) is 0 Å². The Morgan fingerprint density at radius 3 is 1.39 bits per heavy atom. The van der Waals surface area contributed by atoms with Gasteiger partial charge in [-0.25, -0.2) is 0 Å². The second-order valence-electron chi connectivity index (χ2n) is 6.70. The molecule has 2 aromatic carbocycles. The molecule has 126 valence electrons. The van der Waals surface area contributed by atoms with Gasteiger partial charge in [-0.15, -0.1) is 0 Å². The van der Waals surface area contributed by atoms with Crippen LogP contribution in [0.4, 0.5) is 0 Å². The van der Waals surface area contributed by atoms with Crippen molar-refractivity contribution in [3.05, 3.63) is 60.7 Å². The first-order valence-electron chi connectivity index (χ1n) is 8.95. The maximum absolute atomic E-state index is 10.8. The molecule has 0 aliphatic rings. The van der Waals surface area contributed by atoms with E-state index in [2.05, 4.69) is 74.5 Å². The molecule has 2 heteroatoms. The molecule has 0 fully saturated rings. The minimum atomic E-state index is -2.56. The number of benzene rings is 2. The molecule has 1 N–H and O–H groups in total. The minimum absolute atomic E-state index is 0.291. The molecule has 0 spiro atoms. The van der Waals surface area contributed by atoms with Gasteiger partial charge in [0.1, 0.15) is 0 Å². The van der Waals surface area contributed by atoms with Gasteiger partial charge in [-0.3, -0.25) is 0 Å². The molecule has 0 atom stereocenters. The average molecular weight is 330 g/mol. The molecule has 0 aromatic heterocycles. The topological polar surface area (TPSA) is 20.2 Å². The van der Waals surface area contributed by atoms with Crippen LogP contribution in [0.1, 0.15) is 39.5 Å². The van der Waals surface area contributed by atoms with Gasteiger partial charge in [0, 0.05) is 0 Å². The molecule has 0 unspecified atom stereocenters. The van der Waals surface area contributed by atoms with Gasteiger partial charge in [0.25, 0.3) is 0 Å². The second kappa shape index (κ2) is 8.08. The molecular weight excluding hydrogens is 299 g/mol. The third-order valence-electron chi connectivity index (χ3n) is 5.31. The van der Waals surface area contributed by atoms with Gasteiger partial charge in [-0.2, -0.15) is 0 Å². The summed E-state index contributed by atoms with van der Waals surface area (Å²) in [5.41, 5.74) is 0. The van der Waals surface area contributed by atoms with Crippen molar-refractivity contribution in [1.82, 2.24) is 0 Å². The van der Waals surface area contributed by atoms with E-state index in [1.807, 2.05) is 0 Å². The van der Waals surface area contributed by atoms with E-state index < -0.39 is 6.60 Å². The van der Waals surface area contributed by atoms with Gasteiger partial charge < -0.3 is 0 Å². The van der Waals surface area contributed by atoms with Crippen LogP contribution >= 0.6 is 6.60 Å². The van der Waals surface area contributed by atoms with Crippen LogP contribution in [0.2, 0.25) is 0 Å². The fourth-order valence-electron chi connectivity index (χ4n) is 3.80. The number of rotatable bonds is 9. The van der Waals surface area contributed by atoms with Crippen LogP contribution < -0.4 is 10.6 Å². The van der Waals surface area contributed by atoms with Crippen molar-refractivity contribution < 1.29 is 5.11 Å². The van der Waals surface area contributed by atoms with E-state index in [4.69, 9.17) is 0 Å². The Hall–Kier alpha value is -1.17. The molecule has 0 aliphatic heterocycles. The first-order valence-corrected chi connectivity index (χ1v) is 11.7. The van der Waals surface area contributed by atoms with E-state index in [0.717, 1.165) is 12.3 Å². The van der Waals surface area contributed by atoms with Crippen molar-refractivity contribution in [2.75, 3.05) is 18.7 Å². The van der Waals surface area contributed by atoms with Gasteiger partial charge >= 0.3 is 141 Å². The molecule has 2 aromatic rings. The molecule has 0 radical (unpaired) electrons. The molecule has 2 rings (SSSR count). The van der Waals surface area contributed by atoms with Crippen molar-refractivity contribution in [2.45, 2.75) is 39.5 Å². The van der Waals surface area contributed by atoms with E-state index >= 15 is 0 Å². The first kappa shape index (κ1) is 18.2. The van der Waals surface area contributed by atoms with E-state index in [0.29, 0.717) is 6.35 Å². The zero-order chi connectivity index (χ0) is 16.6. The summed E-state index contributed by atoms with van der Waals surface area (Å²) in [7, 11) is 0. The van der Waals surface area contributed by atoms with Crippen LogP contribution in [0.15, 0.2) is 60.7 Å². The summed E-state index contributed by atoms with van der Waals surface area (Å²) in [5.74, 6) is 0. The summed E-state index contributed by atoms with van der Waals surface area (Å²) >= 11 is 0. The molecule has 0 saturated heterocycles. The molecule has 0 amide bonds. The Morgan fingerprint density at radius 2 is 1.09 bits per heavy atom. The van der Waals surface area contributed by atoms with Crippen LogP contribution in [-0.4, -0.2) is 23.8 Å². The molecule has 1 nitrogen and oxygen atoms in total. The predicted octanol–water partition coefficient (Wildman–Crippen LogP) is 4.74. The SMILES string of the molecule is CCCCP(CO)(CCCC)(c1ccccc1)c1ccccc1. The number of aliphatic hydroxyl groups is 1. The molecule has 0 heterocycles. The number of hydrogen-bond donors (Lipinski definition) is 1. The zero-order valence-electron chi connectivity index (χ0n) is 14.6. The fraction of sp³-hybridized carbons (Fsp3) is 0.429. The van der Waals surface area contributed by atoms with Crippen molar-refractivity contribution in [1.29, 1.82) is 0 Å². The standard InChI is InChI=1S/C21H31OP/c1-3-5-17-23(19-22,18-6-4-2,20-13-9-7-10-14-20)21-15-11-8-12-16-21/h7-16,22H,3-6,17-19H2,1-2H3. The molecule has 23 heavy (non-hydrogen) atoms. The van der Waals surface area contributed by atoms with Crippen molar-refractivity contribution in [3.8, 4) is 0 Å². The van der Waals surface area contributed by atoms with Gasteiger partial charge in [0.05, 0.1) is 0 Å². The van der Waals surface area contributed by atoms with E-state index in [9.17, 15) is 5.11 Å². The van der Waals surface area contributed by atoms with Crippen molar-refractivity contribution in [3.63, 3.8) is 0 Å².